The Kier molecular flexibility index (Phi) is 4.84. The second kappa shape index (κ2) is 6.61. The van der Waals surface area contributed by atoms with E-state index in [1.165, 1.54) is 0 Å². The van der Waals surface area contributed by atoms with Gasteiger partial charge >= 0.3 is 0 Å². The van der Waals surface area contributed by atoms with Gasteiger partial charge in [-0.1, -0.05) is 6.92 Å². The molecule has 0 aliphatic carbocycles. The highest BCUT2D eigenvalue weighted by Gasteiger charge is 2.10. The van der Waals surface area contributed by atoms with Gasteiger partial charge in [-0.15, -0.1) is 11.3 Å². The first-order chi connectivity index (χ1) is 9.58. The van der Waals surface area contributed by atoms with Gasteiger partial charge in [0, 0.05) is 34.6 Å². The Morgan fingerprint density at radius 1 is 1.40 bits per heavy atom. The quantitative estimate of drug-likeness (QED) is 0.790. The Bertz CT molecular complexity index is 568. The van der Waals surface area contributed by atoms with Gasteiger partial charge in [-0.2, -0.15) is 0 Å². The van der Waals surface area contributed by atoms with Crippen molar-refractivity contribution in [1.82, 2.24) is 4.98 Å². The number of nitrogens with zero attached hydrogens (tertiary/aromatic N) is 1. The number of nitrogens with one attached hydrogen (secondary N) is 1. The topological polar surface area (TPSA) is 60.2 Å². The first kappa shape index (κ1) is 14.7. The molecule has 0 saturated carbocycles. The number of nitrogens with two attached hydrogens (primary N) is 1. The summed E-state index contributed by atoms with van der Waals surface area (Å²) in [6.45, 7) is 6.88. The Morgan fingerprint density at radius 2 is 2.20 bits per heavy atom. The number of ether oxygens (including phenoxy) is 1. The average Bonchev–Trinajstić information content (AvgIpc) is 2.82. The monoisotopic (exact) mass is 291 g/mol. The number of benzene rings is 1. The zero-order valence-electron chi connectivity index (χ0n) is 12.1. The summed E-state index contributed by atoms with van der Waals surface area (Å²) in [4.78, 5) is 4.49. The van der Waals surface area contributed by atoms with Crippen LogP contribution in [0.5, 0.6) is 5.75 Å². The van der Waals surface area contributed by atoms with E-state index < -0.39 is 0 Å². The van der Waals surface area contributed by atoms with E-state index in [1.54, 1.807) is 11.3 Å². The van der Waals surface area contributed by atoms with Crippen molar-refractivity contribution in [3.05, 3.63) is 34.3 Å². The van der Waals surface area contributed by atoms with Crippen LogP contribution in [-0.2, 0) is 0 Å². The molecule has 1 unspecified atom stereocenters. The number of thiazole rings is 1. The molecule has 0 radical (unpaired) electrons. The van der Waals surface area contributed by atoms with Crippen molar-refractivity contribution in [2.24, 2.45) is 0 Å². The van der Waals surface area contributed by atoms with E-state index in [-0.39, 0.29) is 6.04 Å². The summed E-state index contributed by atoms with van der Waals surface area (Å²) in [6, 6.07) is 5.88. The standard InChI is InChI=1S/C15H21N3OS/c1-4-5-19-14-7-12(16)6-13(8-14)18-11(3)15-17-10(2)9-20-15/h6-9,11,18H,4-5,16H2,1-3H3. The van der Waals surface area contributed by atoms with Crippen LogP contribution in [0.15, 0.2) is 23.6 Å². The molecule has 0 bridgehead atoms. The van der Waals surface area contributed by atoms with Crippen LogP contribution in [0.2, 0.25) is 0 Å². The highest BCUT2D eigenvalue weighted by molar-refractivity contribution is 7.09. The molecule has 0 amide bonds. The van der Waals surface area contributed by atoms with E-state index in [0.717, 1.165) is 28.6 Å². The predicted molar refractivity (Wildman–Crippen MR) is 85.5 cm³/mol. The minimum atomic E-state index is 0.148. The number of hydrogen-bond acceptors (Lipinski definition) is 5. The molecular formula is C15H21N3OS. The van der Waals surface area contributed by atoms with Crippen LogP contribution in [0.3, 0.4) is 0 Å². The molecule has 4 nitrogen and oxygen atoms in total. The van der Waals surface area contributed by atoms with Crippen molar-refractivity contribution in [3.8, 4) is 5.75 Å². The Morgan fingerprint density at radius 3 is 2.85 bits per heavy atom. The third-order valence-electron chi connectivity index (χ3n) is 2.79. The zero-order valence-corrected chi connectivity index (χ0v) is 13.0. The number of aromatic nitrogens is 1. The third kappa shape index (κ3) is 3.87. The second-order valence-electron chi connectivity index (χ2n) is 4.83. The maximum Gasteiger partial charge on any atom is 0.123 e. The average molecular weight is 291 g/mol. The molecule has 0 spiro atoms. The first-order valence-electron chi connectivity index (χ1n) is 6.80. The van der Waals surface area contributed by atoms with E-state index >= 15 is 0 Å². The molecule has 1 aromatic heterocycles. The molecule has 2 aromatic rings. The highest BCUT2D eigenvalue weighted by atomic mass is 32.1. The number of aryl methyl sites for hydroxylation is 1. The normalized spacial score (nSPS) is 12.2. The van der Waals surface area contributed by atoms with Crippen molar-refractivity contribution in [2.45, 2.75) is 33.2 Å². The lowest BCUT2D eigenvalue weighted by atomic mass is 10.2. The highest BCUT2D eigenvalue weighted by Crippen LogP contribution is 2.27. The molecule has 0 aliphatic heterocycles. The third-order valence-corrected chi connectivity index (χ3v) is 3.94. The second-order valence-corrected chi connectivity index (χ2v) is 5.72. The molecule has 0 fully saturated rings. The molecule has 1 heterocycles. The molecule has 5 heteroatoms. The Hall–Kier alpha value is -1.75. The molecule has 1 aromatic carbocycles. The minimum Gasteiger partial charge on any atom is -0.493 e. The maximum absolute atomic E-state index is 5.92. The number of nitrogen functional groups attached to an aromatic ring is 1. The molecule has 2 rings (SSSR count). The summed E-state index contributed by atoms with van der Waals surface area (Å²) < 4.78 is 5.64. The lowest BCUT2D eigenvalue weighted by Gasteiger charge is -2.15. The molecule has 3 N–H and O–H groups in total. The number of rotatable bonds is 6. The summed E-state index contributed by atoms with van der Waals surface area (Å²) in [7, 11) is 0. The number of hydrogen-bond donors (Lipinski definition) is 2. The van der Waals surface area contributed by atoms with E-state index in [9.17, 15) is 0 Å². The molecule has 108 valence electrons. The van der Waals surface area contributed by atoms with Crippen molar-refractivity contribution in [2.75, 3.05) is 17.7 Å². The van der Waals surface area contributed by atoms with E-state index in [0.29, 0.717) is 12.3 Å². The van der Waals surface area contributed by atoms with Gasteiger partial charge in [0.05, 0.1) is 12.6 Å². The van der Waals surface area contributed by atoms with Gasteiger partial charge in [-0.25, -0.2) is 4.98 Å². The van der Waals surface area contributed by atoms with E-state index in [4.69, 9.17) is 10.5 Å². The van der Waals surface area contributed by atoms with Crippen LogP contribution < -0.4 is 15.8 Å². The van der Waals surface area contributed by atoms with Crippen molar-refractivity contribution < 1.29 is 4.74 Å². The van der Waals surface area contributed by atoms with Gasteiger partial charge in [0.15, 0.2) is 0 Å². The maximum atomic E-state index is 5.92. The van der Waals surface area contributed by atoms with Crippen LogP contribution in [0.1, 0.15) is 37.0 Å². The summed E-state index contributed by atoms with van der Waals surface area (Å²) in [5.41, 5.74) is 8.62. The van der Waals surface area contributed by atoms with Gasteiger partial charge in [0.25, 0.3) is 0 Å². The van der Waals surface area contributed by atoms with Crippen LogP contribution in [-0.4, -0.2) is 11.6 Å². The van der Waals surface area contributed by atoms with Crippen LogP contribution in [0.4, 0.5) is 11.4 Å². The Labute approximate surface area is 124 Å². The first-order valence-corrected chi connectivity index (χ1v) is 7.68. The predicted octanol–water partition coefficient (Wildman–Crippen LogP) is 4.00. The molecule has 0 saturated heterocycles. The van der Waals surface area contributed by atoms with Crippen molar-refractivity contribution >= 4 is 22.7 Å². The number of anilines is 2. The van der Waals surface area contributed by atoms with Crippen molar-refractivity contribution in [3.63, 3.8) is 0 Å². The lowest BCUT2D eigenvalue weighted by molar-refractivity contribution is 0.318. The fourth-order valence-corrected chi connectivity index (χ4v) is 2.70. The van der Waals surface area contributed by atoms with Gasteiger partial charge in [0.1, 0.15) is 10.8 Å². The van der Waals surface area contributed by atoms with Crippen LogP contribution in [0, 0.1) is 6.92 Å². The summed E-state index contributed by atoms with van der Waals surface area (Å²) in [5.74, 6) is 0.803. The largest absolute Gasteiger partial charge is 0.493 e. The fourth-order valence-electron chi connectivity index (χ4n) is 1.89. The van der Waals surface area contributed by atoms with Gasteiger partial charge in [-0.3, -0.25) is 0 Å². The summed E-state index contributed by atoms with van der Waals surface area (Å²) in [5, 5.41) is 6.55. The SMILES string of the molecule is CCCOc1cc(N)cc(NC(C)c2nc(C)cs2)c1. The van der Waals surface area contributed by atoms with Crippen LogP contribution >= 0.6 is 11.3 Å². The van der Waals surface area contributed by atoms with Gasteiger partial charge < -0.3 is 15.8 Å². The zero-order chi connectivity index (χ0) is 14.5. The molecule has 1 atom stereocenters. The molecular weight excluding hydrogens is 270 g/mol. The van der Waals surface area contributed by atoms with Gasteiger partial charge in [-0.05, 0) is 26.3 Å². The smallest absolute Gasteiger partial charge is 0.123 e. The van der Waals surface area contributed by atoms with Gasteiger partial charge in [0.2, 0.25) is 0 Å². The van der Waals surface area contributed by atoms with Crippen molar-refractivity contribution in [1.29, 1.82) is 0 Å². The molecule has 20 heavy (non-hydrogen) atoms. The summed E-state index contributed by atoms with van der Waals surface area (Å²) >= 11 is 1.66. The minimum absolute atomic E-state index is 0.148. The Balaban J connectivity index is 2.10. The summed E-state index contributed by atoms with van der Waals surface area (Å²) in [6.07, 6.45) is 0.979. The molecule has 0 aliphatic rings. The van der Waals surface area contributed by atoms with E-state index in [2.05, 4.69) is 29.5 Å². The fraction of sp³-hybridized carbons (Fsp3) is 0.400. The van der Waals surface area contributed by atoms with E-state index in [1.807, 2.05) is 25.1 Å². The van der Waals surface area contributed by atoms with Crippen LogP contribution in [0.25, 0.3) is 0 Å². The lowest BCUT2D eigenvalue weighted by Crippen LogP contribution is -2.07.